The van der Waals surface area contributed by atoms with Crippen LogP contribution >= 0.6 is 22.9 Å². The first-order valence-corrected chi connectivity index (χ1v) is 16.4. The number of oxime groups is 1. The lowest BCUT2D eigenvalue weighted by Gasteiger charge is -2.51. The summed E-state index contributed by atoms with van der Waals surface area (Å²) in [6.45, 7) is 3.21. The Bertz CT molecular complexity index is 1840. The maximum Gasteiger partial charge on any atom is 0.351 e. The summed E-state index contributed by atoms with van der Waals surface area (Å²) in [5.74, 6) is -2.46. The second-order valence-corrected chi connectivity index (χ2v) is 13.3. The molecule has 2 aromatic heterocycles. The van der Waals surface area contributed by atoms with Gasteiger partial charge in [0.2, 0.25) is 10.4 Å². The van der Waals surface area contributed by atoms with Crippen molar-refractivity contribution >= 4 is 67.8 Å². The molecule has 2 amide bonds. The first-order valence-electron chi connectivity index (χ1n) is 13.9. The van der Waals surface area contributed by atoms with Crippen molar-refractivity contribution < 1.29 is 50.9 Å². The topological polar surface area (TPSA) is 265 Å². The molecule has 0 aliphatic carbocycles. The second-order valence-electron chi connectivity index (χ2n) is 10.7. The Morgan fingerprint density at radius 2 is 1.92 bits per heavy atom. The zero-order valence-electron chi connectivity index (χ0n) is 25.6. The minimum absolute atomic E-state index is 0.0645. The Balaban J connectivity index is 1.47. The van der Waals surface area contributed by atoms with E-state index in [1.165, 1.54) is 13.8 Å². The Hall–Kier alpha value is -4.60. The summed E-state index contributed by atoms with van der Waals surface area (Å²) in [5.41, 5.74) is 10.6. The molecular weight excluding hydrogens is 696 g/mol. The van der Waals surface area contributed by atoms with Crippen LogP contribution in [0.25, 0.3) is 11.1 Å². The van der Waals surface area contributed by atoms with Gasteiger partial charge in [0.25, 0.3) is 23.7 Å². The van der Waals surface area contributed by atoms with Gasteiger partial charge in [0, 0.05) is 18.2 Å². The van der Waals surface area contributed by atoms with E-state index in [4.69, 9.17) is 32.6 Å². The number of nitrogens with two attached hydrogens (primary N) is 2. The molecular formula is C27H31ClN8O10S2. The number of anilines is 2. The molecule has 1 unspecified atom stereocenters. The zero-order valence-corrected chi connectivity index (χ0v) is 28.0. The number of nitrogens with zero attached hydrogens (tertiary/aromatic N) is 4. The predicted molar refractivity (Wildman–Crippen MR) is 170 cm³/mol. The number of hydroxylamine groups is 2. The molecule has 258 valence electrons. The molecule has 21 heteroatoms. The highest BCUT2D eigenvalue weighted by atomic mass is 35.5. The van der Waals surface area contributed by atoms with Crippen molar-refractivity contribution in [1.82, 2.24) is 15.4 Å². The van der Waals surface area contributed by atoms with Crippen LogP contribution in [0.1, 0.15) is 19.5 Å². The van der Waals surface area contributed by atoms with E-state index >= 15 is 0 Å². The summed E-state index contributed by atoms with van der Waals surface area (Å²) in [7, 11) is -3.40. The number of hydrogen-bond donors (Lipinski definition) is 5. The number of aromatic nitrogens is 2. The number of carbonyl (C=O) groups is 3. The minimum atomic E-state index is -5.29. The molecule has 0 bridgehead atoms. The fourth-order valence-electron chi connectivity index (χ4n) is 4.41. The number of thiazole rings is 1. The van der Waals surface area contributed by atoms with Gasteiger partial charge < -0.3 is 36.0 Å². The average molecular weight is 727 g/mol. The standard InChI is InChI=1S/C27H31ClN8O10S2/c1-27(2)21(24(38)36(27)46-48(41,42)43)33-23(37)20(19-22(28)47-26(30)32-19)34-45-17(25(39)40)13-44-16-7-4-14(5-8-16)15-6-9-18(31-11-10-29)35(3)12-15/h4-9,12,17,21H,10-11,13,29H2,1-3H3,(H5,30,32,33,37,39,40,41,42,43)/b34-20-/t17-,21?/m0/s1. The first kappa shape index (κ1) is 36.2. The molecule has 1 saturated heterocycles. The lowest BCUT2D eigenvalue weighted by molar-refractivity contribution is -0.656. The van der Waals surface area contributed by atoms with Gasteiger partial charge in [0.1, 0.15) is 28.4 Å². The number of carboxylic acid groups (broad SMARTS) is 1. The number of aliphatic carboxylic acids is 1. The number of nitrogens with one attached hydrogen (secondary N) is 2. The molecule has 0 saturated carbocycles. The SMILES string of the molecule is C[n+]1cc(-c2ccc(OC[C@H](O/N=C(\C(=O)NC3C(=O)N(OS(=O)(=O)[O-])C3(C)C)c3nc(N)sc3Cl)C(=O)O)cc2)ccc1NCCN. The third-order valence-corrected chi connectivity index (χ3v) is 8.29. The Morgan fingerprint density at radius 3 is 2.46 bits per heavy atom. The highest BCUT2D eigenvalue weighted by Gasteiger charge is 2.57. The van der Waals surface area contributed by atoms with Crippen LogP contribution in [0.3, 0.4) is 0 Å². The van der Waals surface area contributed by atoms with Gasteiger partial charge in [-0.15, -0.1) is 0 Å². The number of pyridine rings is 1. The van der Waals surface area contributed by atoms with Crippen molar-refractivity contribution in [3.63, 3.8) is 0 Å². The Kier molecular flexibility index (Phi) is 11.1. The van der Waals surface area contributed by atoms with Gasteiger partial charge in [-0.05, 0) is 37.6 Å². The van der Waals surface area contributed by atoms with Crippen LogP contribution in [-0.2, 0) is 41.0 Å². The summed E-state index contributed by atoms with van der Waals surface area (Å²) in [5, 5.41) is 19.2. The number of nitrogen functional groups attached to an aromatic ring is 1. The Morgan fingerprint density at radius 1 is 1.25 bits per heavy atom. The number of amides is 2. The smallest absolute Gasteiger partial charge is 0.351 e. The minimum Gasteiger partial charge on any atom is -0.724 e. The van der Waals surface area contributed by atoms with E-state index in [0.717, 1.165) is 28.3 Å². The predicted octanol–water partition coefficient (Wildman–Crippen LogP) is -0.00890. The molecule has 0 radical (unpaired) electrons. The normalized spacial score (nSPS) is 16.5. The maximum absolute atomic E-state index is 13.3. The molecule has 2 atom stereocenters. The molecule has 4 rings (SSSR count). The number of rotatable bonds is 15. The molecule has 3 heterocycles. The second kappa shape index (κ2) is 14.7. The highest BCUT2D eigenvalue weighted by molar-refractivity contribution is 7.80. The van der Waals surface area contributed by atoms with E-state index in [1.54, 1.807) is 24.3 Å². The fourth-order valence-corrected chi connectivity index (χ4v) is 5.79. The largest absolute Gasteiger partial charge is 0.724 e. The van der Waals surface area contributed by atoms with Crippen molar-refractivity contribution in [2.24, 2.45) is 17.9 Å². The van der Waals surface area contributed by atoms with Crippen LogP contribution in [0, 0.1) is 0 Å². The first-order chi connectivity index (χ1) is 22.5. The number of hydrogen-bond acceptors (Lipinski definition) is 15. The van der Waals surface area contributed by atoms with Gasteiger partial charge in [0.05, 0.1) is 25.3 Å². The third kappa shape index (κ3) is 8.45. The lowest BCUT2D eigenvalue weighted by Crippen LogP contribution is -2.76. The van der Waals surface area contributed by atoms with Crippen molar-refractivity contribution in [1.29, 1.82) is 0 Å². The number of halogens is 1. The van der Waals surface area contributed by atoms with Gasteiger partial charge in [0.15, 0.2) is 10.8 Å². The third-order valence-electron chi connectivity index (χ3n) is 6.88. The summed E-state index contributed by atoms with van der Waals surface area (Å²) in [6.07, 6.45) is 0.197. The van der Waals surface area contributed by atoms with E-state index in [0.29, 0.717) is 23.9 Å². The van der Waals surface area contributed by atoms with Crippen LogP contribution < -0.4 is 31.4 Å². The van der Waals surface area contributed by atoms with Crippen molar-refractivity contribution in [2.45, 2.75) is 31.5 Å². The highest BCUT2D eigenvalue weighted by Crippen LogP contribution is 2.33. The Labute approximate surface area is 283 Å². The summed E-state index contributed by atoms with van der Waals surface area (Å²) in [4.78, 5) is 46.9. The van der Waals surface area contributed by atoms with Crippen LogP contribution in [-0.4, -0.2) is 89.0 Å². The molecule has 0 spiro atoms. The van der Waals surface area contributed by atoms with Crippen LogP contribution in [0.5, 0.6) is 5.75 Å². The number of carboxylic acids is 1. The molecule has 7 N–H and O–H groups in total. The number of aryl methyl sites for hydroxylation is 1. The van der Waals surface area contributed by atoms with Crippen molar-refractivity contribution in [3.05, 3.63) is 52.6 Å². The molecule has 3 aromatic rings. The van der Waals surface area contributed by atoms with E-state index in [2.05, 4.69) is 25.1 Å². The van der Waals surface area contributed by atoms with Gasteiger partial charge in [-0.3, -0.25) is 14.9 Å². The van der Waals surface area contributed by atoms with Crippen LogP contribution in [0.2, 0.25) is 4.34 Å². The average Bonchev–Trinajstić information content (AvgIpc) is 3.35. The van der Waals surface area contributed by atoms with Gasteiger partial charge in [-0.1, -0.05) is 40.2 Å². The van der Waals surface area contributed by atoms with Crippen molar-refractivity contribution in [2.75, 3.05) is 30.7 Å². The quantitative estimate of drug-likeness (QED) is 0.0345. The number of β-lactam (4-membered cyclic amide) rings is 1. The monoisotopic (exact) mass is 726 g/mol. The molecule has 1 aromatic carbocycles. The van der Waals surface area contributed by atoms with E-state index in [9.17, 15) is 32.5 Å². The van der Waals surface area contributed by atoms with Crippen LogP contribution in [0.4, 0.5) is 10.9 Å². The van der Waals surface area contributed by atoms with Gasteiger partial charge >= 0.3 is 5.97 Å². The van der Waals surface area contributed by atoms with E-state index < -0.39 is 58.2 Å². The fraction of sp³-hybridized carbons (Fsp3) is 0.333. The van der Waals surface area contributed by atoms with E-state index in [1.807, 2.05) is 29.9 Å². The molecule has 48 heavy (non-hydrogen) atoms. The van der Waals surface area contributed by atoms with Gasteiger partial charge in [-0.2, -0.15) is 9.35 Å². The number of ether oxygens (including phenoxy) is 1. The molecule has 1 fully saturated rings. The molecule has 1 aliphatic rings. The lowest BCUT2D eigenvalue weighted by atomic mass is 9.84. The summed E-state index contributed by atoms with van der Waals surface area (Å²) < 4.78 is 44.6. The van der Waals surface area contributed by atoms with Crippen molar-refractivity contribution in [3.8, 4) is 16.9 Å². The maximum atomic E-state index is 13.3. The zero-order chi connectivity index (χ0) is 35.4. The van der Waals surface area contributed by atoms with Crippen LogP contribution in [0.15, 0.2) is 47.8 Å². The summed E-state index contributed by atoms with van der Waals surface area (Å²) in [6, 6.07) is 9.29. The number of benzene rings is 1. The van der Waals surface area contributed by atoms with E-state index in [-0.39, 0.29) is 15.2 Å². The summed E-state index contributed by atoms with van der Waals surface area (Å²) >= 11 is 6.96. The van der Waals surface area contributed by atoms with Gasteiger partial charge in [-0.25, -0.2) is 22.8 Å². The molecule has 18 nitrogen and oxygen atoms in total. The molecule has 1 aliphatic heterocycles. The number of carbonyl (C=O) groups excluding carboxylic acids is 2.